The summed E-state index contributed by atoms with van der Waals surface area (Å²) in [7, 11) is 0. The number of nitrogen functional groups attached to an aromatic ring is 1. The minimum atomic E-state index is -4.49. The second kappa shape index (κ2) is 9.47. The highest BCUT2D eigenvalue weighted by Gasteiger charge is 2.47. The lowest BCUT2D eigenvalue weighted by atomic mass is 9.93. The highest BCUT2D eigenvalue weighted by molar-refractivity contribution is 6.04. The number of alkyl halides is 3. The summed E-state index contributed by atoms with van der Waals surface area (Å²) in [5, 5.41) is 8.14. The summed E-state index contributed by atoms with van der Waals surface area (Å²) < 4.78 is 42.0. The second-order valence-corrected chi connectivity index (χ2v) is 9.94. The van der Waals surface area contributed by atoms with Crippen molar-refractivity contribution in [3.8, 4) is 22.5 Å². The van der Waals surface area contributed by atoms with Crippen molar-refractivity contribution < 1.29 is 22.8 Å². The normalized spacial score (nSPS) is 17.4. The monoisotopic (exact) mass is 553 g/mol. The van der Waals surface area contributed by atoms with Crippen molar-refractivity contribution in [2.24, 2.45) is 0 Å². The van der Waals surface area contributed by atoms with Gasteiger partial charge >= 0.3 is 6.18 Å². The number of carbonyl (C=O) groups excluding carboxylic acids is 2. The van der Waals surface area contributed by atoms with Crippen LogP contribution in [0.3, 0.4) is 0 Å². The molecule has 1 aliphatic rings. The number of halogens is 3. The van der Waals surface area contributed by atoms with Crippen LogP contribution in [-0.4, -0.2) is 70.4 Å². The molecular weight excluding hydrogens is 527 g/mol. The van der Waals surface area contributed by atoms with Crippen LogP contribution in [-0.2, 0) is 16.1 Å². The fourth-order valence-corrected chi connectivity index (χ4v) is 5.09. The Morgan fingerprint density at radius 3 is 2.65 bits per heavy atom. The zero-order chi connectivity index (χ0) is 29.0. The number of fused-ring (bicyclic) bond motifs is 1. The van der Waals surface area contributed by atoms with Crippen LogP contribution < -0.4 is 10.6 Å². The molecule has 1 fully saturated rings. The predicted octanol–water partition coefficient (Wildman–Crippen LogP) is 3.33. The molecule has 5 heterocycles. The number of aromatic nitrogens is 6. The van der Waals surface area contributed by atoms with Gasteiger partial charge in [-0.2, -0.15) is 23.4 Å². The number of hydrogen-bond donors (Lipinski definition) is 1. The molecule has 0 aliphatic carbocycles. The van der Waals surface area contributed by atoms with Crippen LogP contribution in [0.15, 0.2) is 55.8 Å². The van der Waals surface area contributed by atoms with Crippen LogP contribution in [0.2, 0.25) is 0 Å². The van der Waals surface area contributed by atoms with Crippen molar-refractivity contribution in [2.75, 3.05) is 17.2 Å². The van der Waals surface area contributed by atoms with Gasteiger partial charge < -0.3 is 15.5 Å². The van der Waals surface area contributed by atoms with Crippen molar-refractivity contribution in [3.63, 3.8) is 0 Å². The summed E-state index contributed by atoms with van der Waals surface area (Å²) in [6, 6.07) is 4.29. The molecule has 14 heteroatoms. The van der Waals surface area contributed by atoms with Crippen LogP contribution in [0.5, 0.6) is 0 Å². The van der Waals surface area contributed by atoms with E-state index in [2.05, 4.69) is 26.7 Å². The van der Waals surface area contributed by atoms with Gasteiger partial charge in [0.15, 0.2) is 5.82 Å². The molecule has 2 amide bonds. The third-order valence-corrected chi connectivity index (χ3v) is 6.97. The van der Waals surface area contributed by atoms with Crippen molar-refractivity contribution in [1.82, 2.24) is 34.3 Å². The van der Waals surface area contributed by atoms with Crippen LogP contribution in [0.1, 0.15) is 20.8 Å². The maximum atomic E-state index is 13.7. The molecule has 4 aromatic rings. The maximum Gasteiger partial charge on any atom is 0.408 e. The maximum absolute atomic E-state index is 13.7. The first-order valence-electron chi connectivity index (χ1n) is 12.2. The summed E-state index contributed by atoms with van der Waals surface area (Å²) in [6.07, 6.45) is 2.68. The first-order chi connectivity index (χ1) is 18.8. The molecule has 1 saturated heterocycles. The lowest BCUT2D eigenvalue weighted by Gasteiger charge is -2.48. The minimum Gasteiger partial charge on any atom is -0.382 e. The quantitative estimate of drug-likeness (QED) is 0.376. The van der Waals surface area contributed by atoms with E-state index in [-0.39, 0.29) is 29.9 Å². The molecule has 2 N–H and O–H groups in total. The van der Waals surface area contributed by atoms with E-state index in [1.807, 2.05) is 0 Å². The van der Waals surface area contributed by atoms with Gasteiger partial charge in [0, 0.05) is 37.0 Å². The SMILES string of the molecule is C=C[C@H]1CN(C(C)=O)C(C)(C)C(=O)N1c1cncc(-c2cc(-c3ccnn3CC(F)(F)F)c3c(N)ncnn23)c1. The highest BCUT2D eigenvalue weighted by atomic mass is 19.4. The van der Waals surface area contributed by atoms with E-state index >= 15 is 0 Å². The Bertz CT molecular complexity index is 1640. The lowest BCUT2D eigenvalue weighted by Crippen LogP contribution is -2.67. The fraction of sp³-hybridized carbons (Fsp3) is 0.308. The van der Waals surface area contributed by atoms with Crippen molar-refractivity contribution >= 4 is 28.8 Å². The molecule has 40 heavy (non-hydrogen) atoms. The number of amides is 2. The third kappa shape index (κ3) is 4.44. The number of rotatable bonds is 5. The average Bonchev–Trinajstić information content (AvgIpc) is 3.49. The molecule has 4 aromatic heterocycles. The molecule has 208 valence electrons. The van der Waals surface area contributed by atoms with Gasteiger partial charge in [-0.05, 0) is 32.0 Å². The van der Waals surface area contributed by atoms with Crippen molar-refractivity contribution in [3.05, 3.63) is 55.8 Å². The standard InChI is InChI=1S/C26H26F3N9O2/c1-5-17-12-35(15(2)39)25(3,4)24(40)37(17)18-8-16(10-31-11-18)21-9-19(22-23(30)32-14-34-38(21)22)20-6-7-33-36(20)13-26(27,28)29/h5-11,14,17H,1,12-13H2,2-4H3,(H2,30,32,34)/t17-/m0/s1. The summed E-state index contributed by atoms with van der Waals surface area (Å²) in [5.74, 6) is -0.490. The number of carbonyl (C=O) groups is 2. The number of pyridine rings is 1. The highest BCUT2D eigenvalue weighted by Crippen LogP contribution is 2.37. The van der Waals surface area contributed by atoms with Gasteiger partial charge in [0.2, 0.25) is 5.91 Å². The van der Waals surface area contributed by atoms with E-state index < -0.39 is 24.3 Å². The molecule has 0 bridgehead atoms. The number of anilines is 2. The zero-order valence-corrected chi connectivity index (χ0v) is 21.9. The van der Waals surface area contributed by atoms with E-state index in [1.165, 1.54) is 41.1 Å². The van der Waals surface area contributed by atoms with Gasteiger partial charge in [-0.3, -0.25) is 19.3 Å². The minimum absolute atomic E-state index is 0.0594. The molecule has 1 atom stereocenters. The van der Waals surface area contributed by atoms with Crippen LogP contribution in [0.4, 0.5) is 24.7 Å². The van der Waals surface area contributed by atoms with E-state index in [0.717, 1.165) is 4.68 Å². The summed E-state index contributed by atoms with van der Waals surface area (Å²) in [5.41, 5.74) is 7.28. The molecule has 0 unspecified atom stereocenters. The first-order valence-corrected chi connectivity index (χ1v) is 12.2. The molecule has 11 nitrogen and oxygen atoms in total. The number of nitrogens with two attached hydrogens (primary N) is 1. The smallest absolute Gasteiger partial charge is 0.382 e. The Labute approximate surface area is 226 Å². The van der Waals surface area contributed by atoms with Crippen LogP contribution >= 0.6 is 0 Å². The molecule has 0 radical (unpaired) electrons. The van der Waals surface area contributed by atoms with E-state index in [0.29, 0.717) is 28.0 Å². The Kier molecular flexibility index (Phi) is 6.35. The van der Waals surface area contributed by atoms with Crippen LogP contribution in [0, 0.1) is 0 Å². The lowest BCUT2D eigenvalue weighted by molar-refractivity contribution is -0.146. The largest absolute Gasteiger partial charge is 0.408 e. The number of nitrogens with zero attached hydrogens (tertiary/aromatic N) is 8. The van der Waals surface area contributed by atoms with Gasteiger partial charge in [0.1, 0.15) is 23.9 Å². The molecular formula is C26H26F3N9O2. The Morgan fingerprint density at radius 1 is 1.23 bits per heavy atom. The van der Waals surface area contributed by atoms with Crippen LogP contribution in [0.25, 0.3) is 28.0 Å². The second-order valence-electron chi connectivity index (χ2n) is 9.94. The molecule has 5 rings (SSSR count). The summed E-state index contributed by atoms with van der Waals surface area (Å²) in [4.78, 5) is 37.4. The molecule has 0 spiro atoms. The van der Waals surface area contributed by atoms with Gasteiger partial charge in [0.05, 0.1) is 29.3 Å². The third-order valence-electron chi connectivity index (χ3n) is 6.97. The van der Waals surface area contributed by atoms with Crippen molar-refractivity contribution in [1.29, 1.82) is 0 Å². The van der Waals surface area contributed by atoms with Gasteiger partial charge in [-0.25, -0.2) is 9.50 Å². The summed E-state index contributed by atoms with van der Waals surface area (Å²) >= 11 is 0. The van der Waals surface area contributed by atoms with Gasteiger partial charge in [0.25, 0.3) is 5.91 Å². The molecule has 1 aliphatic heterocycles. The molecule has 0 aromatic carbocycles. The van der Waals surface area contributed by atoms with Gasteiger partial charge in [-0.1, -0.05) is 6.08 Å². The average molecular weight is 554 g/mol. The Morgan fingerprint density at radius 2 is 1.98 bits per heavy atom. The van der Waals surface area contributed by atoms with E-state index in [1.54, 1.807) is 43.2 Å². The topological polar surface area (TPSA) is 128 Å². The Hall–Kier alpha value is -4.75. The van der Waals surface area contributed by atoms with Crippen molar-refractivity contribution in [2.45, 2.75) is 45.1 Å². The van der Waals surface area contributed by atoms with E-state index in [9.17, 15) is 22.8 Å². The predicted molar refractivity (Wildman–Crippen MR) is 141 cm³/mol. The number of hydrogen-bond acceptors (Lipinski definition) is 7. The van der Waals surface area contributed by atoms with Gasteiger partial charge in [-0.15, -0.1) is 6.58 Å². The summed E-state index contributed by atoms with van der Waals surface area (Å²) in [6.45, 7) is 7.58. The zero-order valence-electron chi connectivity index (χ0n) is 21.9. The molecule has 0 saturated carbocycles. The fourth-order valence-electron chi connectivity index (χ4n) is 5.09. The number of piperazine rings is 1. The first kappa shape index (κ1) is 26.8. The Balaban J connectivity index is 1.64. The van der Waals surface area contributed by atoms with E-state index in [4.69, 9.17) is 5.73 Å².